The fraction of sp³-hybridized carbons (Fsp3) is 0.233. The van der Waals surface area contributed by atoms with Gasteiger partial charge in [-0.25, -0.2) is 4.39 Å². The van der Waals surface area contributed by atoms with Gasteiger partial charge in [0.2, 0.25) is 5.91 Å². The van der Waals surface area contributed by atoms with E-state index < -0.39 is 0 Å². The van der Waals surface area contributed by atoms with Crippen LogP contribution in [0, 0.1) is 5.82 Å². The zero-order valence-corrected chi connectivity index (χ0v) is 20.0. The summed E-state index contributed by atoms with van der Waals surface area (Å²) in [5, 5.41) is 0. The molecule has 0 spiro atoms. The molecule has 0 saturated heterocycles. The van der Waals surface area contributed by atoms with Crippen LogP contribution in [-0.4, -0.2) is 35.6 Å². The first kappa shape index (κ1) is 24.4. The van der Waals surface area contributed by atoms with Gasteiger partial charge < -0.3 is 14.2 Å². The SMILES string of the molecule is COCCCN(Cc1cccn1Cc1ccc(F)cc1)C(=O)C(c1ccccc1)c1ccccc1. The predicted octanol–water partition coefficient (Wildman–Crippen LogP) is 5.87. The van der Waals surface area contributed by atoms with Crippen LogP contribution in [0.15, 0.2) is 103 Å². The fourth-order valence-electron chi connectivity index (χ4n) is 4.35. The minimum atomic E-state index is -0.388. The lowest BCUT2D eigenvalue weighted by Gasteiger charge is -2.29. The molecule has 4 nitrogen and oxygen atoms in total. The van der Waals surface area contributed by atoms with Crippen molar-refractivity contribution in [1.82, 2.24) is 9.47 Å². The largest absolute Gasteiger partial charge is 0.385 e. The number of carbonyl (C=O) groups is 1. The highest BCUT2D eigenvalue weighted by Crippen LogP contribution is 2.28. The summed E-state index contributed by atoms with van der Waals surface area (Å²) < 4.78 is 20.7. The highest BCUT2D eigenvalue weighted by Gasteiger charge is 2.28. The molecule has 35 heavy (non-hydrogen) atoms. The van der Waals surface area contributed by atoms with Crippen molar-refractivity contribution in [3.8, 4) is 0 Å². The molecule has 5 heteroatoms. The van der Waals surface area contributed by atoms with Crippen LogP contribution in [0.25, 0.3) is 0 Å². The number of carbonyl (C=O) groups excluding carboxylic acids is 1. The van der Waals surface area contributed by atoms with Gasteiger partial charge in [0.05, 0.1) is 12.5 Å². The Morgan fingerprint density at radius 1 is 0.886 bits per heavy atom. The van der Waals surface area contributed by atoms with Crippen LogP contribution in [0.2, 0.25) is 0 Å². The number of amides is 1. The van der Waals surface area contributed by atoms with Gasteiger partial charge in [0.25, 0.3) is 0 Å². The quantitative estimate of drug-likeness (QED) is 0.257. The number of aromatic nitrogens is 1. The van der Waals surface area contributed by atoms with Crippen molar-refractivity contribution in [3.63, 3.8) is 0 Å². The van der Waals surface area contributed by atoms with Crippen LogP contribution >= 0.6 is 0 Å². The first-order valence-corrected chi connectivity index (χ1v) is 11.9. The maximum absolute atomic E-state index is 14.1. The van der Waals surface area contributed by atoms with E-state index in [1.807, 2.05) is 83.9 Å². The predicted molar refractivity (Wildman–Crippen MR) is 137 cm³/mol. The third-order valence-corrected chi connectivity index (χ3v) is 6.14. The molecule has 0 saturated carbocycles. The topological polar surface area (TPSA) is 34.5 Å². The molecule has 0 aliphatic rings. The van der Waals surface area contributed by atoms with Gasteiger partial charge in [-0.1, -0.05) is 72.8 Å². The van der Waals surface area contributed by atoms with Gasteiger partial charge in [-0.3, -0.25) is 4.79 Å². The summed E-state index contributed by atoms with van der Waals surface area (Å²) in [6.45, 7) is 2.27. The molecule has 4 rings (SSSR count). The molecule has 0 N–H and O–H groups in total. The van der Waals surface area contributed by atoms with Crippen LogP contribution in [-0.2, 0) is 22.6 Å². The van der Waals surface area contributed by atoms with Crippen molar-refractivity contribution < 1.29 is 13.9 Å². The minimum absolute atomic E-state index is 0.0630. The zero-order valence-electron chi connectivity index (χ0n) is 20.0. The van der Waals surface area contributed by atoms with E-state index in [1.54, 1.807) is 19.2 Å². The number of rotatable bonds is 11. The van der Waals surface area contributed by atoms with E-state index in [0.717, 1.165) is 28.8 Å². The summed E-state index contributed by atoms with van der Waals surface area (Å²) in [6.07, 6.45) is 2.75. The molecule has 0 aliphatic carbocycles. The van der Waals surface area contributed by atoms with Crippen LogP contribution in [0.5, 0.6) is 0 Å². The zero-order chi connectivity index (χ0) is 24.5. The van der Waals surface area contributed by atoms with Gasteiger partial charge >= 0.3 is 0 Å². The summed E-state index contributed by atoms with van der Waals surface area (Å²) in [5.41, 5.74) is 3.98. The normalized spacial score (nSPS) is 11.1. The molecule has 4 aromatic rings. The van der Waals surface area contributed by atoms with E-state index in [1.165, 1.54) is 12.1 Å². The van der Waals surface area contributed by atoms with Crippen molar-refractivity contribution in [3.05, 3.63) is 131 Å². The fourth-order valence-corrected chi connectivity index (χ4v) is 4.35. The highest BCUT2D eigenvalue weighted by molar-refractivity contribution is 5.87. The Morgan fingerprint density at radius 2 is 1.51 bits per heavy atom. The minimum Gasteiger partial charge on any atom is -0.385 e. The van der Waals surface area contributed by atoms with Crippen molar-refractivity contribution in [2.24, 2.45) is 0 Å². The summed E-state index contributed by atoms with van der Waals surface area (Å²) in [4.78, 5) is 16.0. The van der Waals surface area contributed by atoms with Gasteiger partial charge in [0, 0.05) is 38.7 Å². The van der Waals surface area contributed by atoms with Gasteiger partial charge in [0.1, 0.15) is 5.82 Å². The number of nitrogens with zero attached hydrogens (tertiary/aromatic N) is 2. The lowest BCUT2D eigenvalue weighted by atomic mass is 9.90. The Labute approximate surface area is 206 Å². The third kappa shape index (κ3) is 6.46. The van der Waals surface area contributed by atoms with Gasteiger partial charge in [-0.15, -0.1) is 0 Å². The number of halogens is 1. The van der Waals surface area contributed by atoms with E-state index in [0.29, 0.717) is 26.2 Å². The number of ether oxygens (including phenoxy) is 1. The van der Waals surface area contributed by atoms with Crippen LogP contribution < -0.4 is 0 Å². The summed E-state index contributed by atoms with van der Waals surface area (Å²) in [5.74, 6) is -0.572. The number of hydrogen-bond acceptors (Lipinski definition) is 2. The summed E-state index contributed by atoms with van der Waals surface area (Å²) in [6, 6.07) is 30.5. The smallest absolute Gasteiger partial charge is 0.234 e. The molecule has 0 fully saturated rings. The monoisotopic (exact) mass is 470 g/mol. The second kappa shape index (κ2) is 12.1. The van der Waals surface area contributed by atoms with E-state index in [9.17, 15) is 9.18 Å². The molecule has 0 atom stereocenters. The van der Waals surface area contributed by atoms with Gasteiger partial charge in [-0.2, -0.15) is 0 Å². The summed E-state index contributed by atoms with van der Waals surface area (Å²) in [7, 11) is 1.68. The van der Waals surface area contributed by atoms with E-state index >= 15 is 0 Å². The molecule has 0 radical (unpaired) electrons. The molecule has 3 aromatic carbocycles. The first-order valence-electron chi connectivity index (χ1n) is 11.9. The van der Waals surface area contributed by atoms with Gasteiger partial charge in [0.15, 0.2) is 0 Å². The molecule has 1 heterocycles. The first-order chi connectivity index (χ1) is 17.2. The second-order valence-corrected chi connectivity index (χ2v) is 8.61. The number of benzene rings is 3. The maximum Gasteiger partial charge on any atom is 0.234 e. The number of hydrogen-bond donors (Lipinski definition) is 0. The third-order valence-electron chi connectivity index (χ3n) is 6.14. The van der Waals surface area contributed by atoms with Crippen molar-refractivity contribution >= 4 is 5.91 Å². The Bertz CT molecular complexity index is 1150. The Hall–Kier alpha value is -3.70. The Morgan fingerprint density at radius 3 is 2.11 bits per heavy atom. The van der Waals surface area contributed by atoms with E-state index in [-0.39, 0.29) is 17.6 Å². The van der Waals surface area contributed by atoms with Crippen molar-refractivity contribution in [2.45, 2.75) is 25.4 Å². The highest BCUT2D eigenvalue weighted by atomic mass is 19.1. The van der Waals surface area contributed by atoms with Gasteiger partial charge in [-0.05, 0) is 47.4 Å². The van der Waals surface area contributed by atoms with Crippen LogP contribution in [0.4, 0.5) is 4.39 Å². The van der Waals surface area contributed by atoms with E-state index in [4.69, 9.17) is 4.74 Å². The average Bonchev–Trinajstić information content (AvgIpc) is 3.32. The molecular weight excluding hydrogens is 439 g/mol. The molecule has 0 unspecified atom stereocenters. The standard InChI is InChI=1S/C30H31FN2O2/c1-35-21-9-20-33(23-28-14-8-19-32(28)22-24-15-17-27(31)18-16-24)30(34)29(25-10-4-2-5-11-25)26-12-6-3-7-13-26/h2-8,10-19,29H,9,20-23H2,1H3. The summed E-state index contributed by atoms with van der Waals surface area (Å²) >= 11 is 0. The van der Waals surface area contributed by atoms with Crippen molar-refractivity contribution in [1.29, 1.82) is 0 Å². The average molecular weight is 471 g/mol. The number of methoxy groups -OCH3 is 1. The lowest BCUT2D eigenvalue weighted by molar-refractivity contribution is -0.132. The van der Waals surface area contributed by atoms with Crippen LogP contribution in [0.3, 0.4) is 0 Å². The van der Waals surface area contributed by atoms with Crippen LogP contribution in [0.1, 0.15) is 34.7 Å². The second-order valence-electron chi connectivity index (χ2n) is 8.61. The maximum atomic E-state index is 14.1. The molecule has 1 amide bonds. The molecule has 0 aliphatic heterocycles. The molecule has 0 bridgehead atoms. The lowest BCUT2D eigenvalue weighted by Crippen LogP contribution is -2.37. The molecule has 180 valence electrons. The molecular formula is C30H31FN2O2. The Balaban J connectivity index is 1.62. The molecule has 1 aromatic heterocycles. The Kier molecular flexibility index (Phi) is 8.47. The van der Waals surface area contributed by atoms with Crippen molar-refractivity contribution in [2.75, 3.05) is 20.3 Å². The van der Waals surface area contributed by atoms with E-state index in [2.05, 4.69) is 4.57 Å².